The van der Waals surface area contributed by atoms with Crippen LogP contribution in [0.25, 0.3) is 22.0 Å². The molecule has 1 aliphatic heterocycles. The molecule has 2 heterocycles. The van der Waals surface area contributed by atoms with Gasteiger partial charge < -0.3 is 15.0 Å². The zero-order valence-electron chi connectivity index (χ0n) is 17.7. The Hall–Kier alpha value is -3.12. The molecule has 0 atom stereocenters. The van der Waals surface area contributed by atoms with Crippen LogP contribution in [-0.2, 0) is 4.74 Å². The number of pyridine rings is 1. The fourth-order valence-electron chi connectivity index (χ4n) is 4.02. The number of halogens is 2. The molecule has 0 spiro atoms. The van der Waals surface area contributed by atoms with Crippen LogP contribution in [-0.4, -0.2) is 37.2 Å². The van der Waals surface area contributed by atoms with Crippen molar-refractivity contribution in [1.29, 1.82) is 0 Å². The maximum absolute atomic E-state index is 13.0. The van der Waals surface area contributed by atoms with Gasteiger partial charge in [-0.05, 0) is 47.9 Å². The topological polar surface area (TPSA) is 54.5 Å². The summed E-state index contributed by atoms with van der Waals surface area (Å²) in [5.74, 6) is -0.285. The smallest absolute Gasteiger partial charge is 0.257 e. The molecular formula is C26H21Cl2N3O2. The Morgan fingerprint density at radius 2 is 1.76 bits per heavy atom. The van der Waals surface area contributed by atoms with Gasteiger partial charge in [-0.15, -0.1) is 0 Å². The van der Waals surface area contributed by atoms with E-state index in [4.69, 9.17) is 27.9 Å². The van der Waals surface area contributed by atoms with E-state index in [0.717, 1.165) is 40.8 Å². The summed E-state index contributed by atoms with van der Waals surface area (Å²) in [6.07, 6.45) is 1.76. The first-order valence-electron chi connectivity index (χ1n) is 10.7. The fraction of sp³-hybridized carbons (Fsp3) is 0.154. The van der Waals surface area contributed by atoms with Crippen molar-refractivity contribution < 1.29 is 9.53 Å². The van der Waals surface area contributed by atoms with Gasteiger partial charge in [0.25, 0.3) is 5.91 Å². The number of aromatic nitrogens is 1. The van der Waals surface area contributed by atoms with Gasteiger partial charge in [0.05, 0.1) is 34.5 Å². The standard InChI is InChI=1S/C26H21Cl2N3O2/c27-23-8-5-18(15-22(23)25-20-4-2-1-3-17(20)9-10-29-25)30-26(32)21-7-6-19(16-24(21)28)31-11-13-33-14-12-31/h1-10,15-16H,11-14H2,(H,30,32). The van der Waals surface area contributed by atoms with E-state index in [0.29, 0.717) is 34.5 Å². The molecule has 0 bridgehead atoms. The molecule has 0 aliphatic carbocycles. The molecule has 33 heavy (non-hydrogen) atoms. The maximum atomic E-state index is 13.0. The number of nitrogens with zero attached hydrogens (tertiary/aromatic N) is 2. The Kier molecular flexibility index (Phi) is 6.18. The second-order valence-electron chi connectivity index (χ2n) is 7.79. The lowest BCUT2D eigenvalue weighted by atomic mass is 10.0. The third kappa shape index (κ3) is 4.53. The van der Waals surface area contributed by atoms with Gasteiger partial charge in [-0.1, -0.05) is 47.5 Å². The number of carbonyl (C=O) groups excluding carboxylic acids is 1. The first kappa shape index (κ1) is 21.7. The molecule has 1 fully saturated rings. The van der Waals surface area contributed by atoms with E-state index in [1.807, 2.05) is 48.5 Å². The maximum Gasteiger partial charge on any atom is 0.257 e. The number of hydrogen-bond acceptors (Lipinski definition) is 4. The van der Waals surface area contributed by atoms with Crippen molar-refractivity contribution >= 4 is 51.3 Å². The van der Waals surface area contributed by atoms with Crippen LogP contribution >= 0.6 is 23.2 Å². The Balaban J connectivity index is 1.41. The Labute approximate surface area is 201 Å². The molecule has 0 radical (unpaired) electrons. The van der Waals surface area contributed by atoms with Crippen molar-refractivity contribution in [2.45, 2.75) is 0 Å². The summed E-state index contributed by atoms with van der Waals surface area (Å²) in [4.78, 5) is 19.7. The number of carbonyl (C=O) groups is 1. The molecule has 7 heteroatoms. The highest BCUT2D eigenvalue weighted by Gasteiger charge is 2.17. The molecule has 1 N–H and O–H groups in total. The lowest BCUT2D eigenvalue weighted by Crippen LogP contribution is -2.36. The van der Waals surface area contributed by atoms with Crippen LogP contribution in [0.15, 0.2) is 72.9 Å². The number of anilines is 2. The molecule has 166 valence electrons. The predicted octanol–water partition coefficient (Wildman–Crippen LogP) is 6.30. The quantitative estimate of drug-likeness (QED) is 0.374. The highest BCUT2D eigenvalue weighted by atomic mass is 35.5. The first-order valence-corrected chi connectivity index (χ1v) is 11.4. The summed E-state index contributed by atoms with van der Waals surface area (Å²) in [5, 5.41) is 5.97. The van der Waals surface area contributed by atoms with Gasteiger partial charge in [-0.2, -0.15) is 0 Å². The summed E-state index contributed by atoms with van der Waals surface area (Å²) in [6.45, 7) is 2.98. The molecule has 5 rings (SSSR count). The van der Waals surface area contributed by atoms with Crippen molar-refractivity contribution in [3.05, 3.63) is 88.5 Å². The molecule has 1 amide bonds. The van der Waals surface area contributed by atoms with Crippen LogP contribution in [0.2, 0.25) is 10.0 Å². The summed E-state index contributed by atoms with van der Waals surface area (Å²) < 4.78 is 5.40. The molecule has 0 unspecified atom stereocenters. The van der Waals surface area contributed by atoms with E-state index in [1.54, 1.807) is 24.4 Å². The monoisotopic (exact) mass is 477 g/mol. The van der Waals surface area contributed by atoms with Gasteiger partial charge in [-0.3, -0.25) is 9.78 Å². The molecule has 1 saturated heterocycles. The SMILES string of the molecule is O=C(Nc1ccc(Cl)c(-c2nccc3ccccc23)c1)c1ccc(N2CCOCC2)cc1Cl. The molecular weight excluding hydrogens is 457 g/mol. The number of hydrogen-bond donors (Lipinski definition) is 1. The van der Waals surface area contributed by atoms with Crippen LogP contribution in [0.5, 0.6) is 0 Å². The third-order valence-corrected chi connectivity index (χ3v) is 6.37. The lowest BCUT2D eigenvalue weighted by molar-refractivity contribution is 0.102. The summed E-state index contributed by atoms with van der Waals surface area (Å²) in [6, 6.07) is 20.8. The van der Waals surface area contributed by atoms with Gasteiger partial charge >= 0.3 is 0 Å². The largest absolute Gasteiger partial charge is 0.378 e. The van der Waals surface area contributed by atoms with E-state index in [1.165, 1.54) is 0 Å². The average Bonchev–Trinajstić information content (AvgIpc) is 2.85. The highest BCUT2D eigenvalue weighted by Crippen LogP contribution is 2.34. The van der Waals surface area contributed by atoms with Gasteiger partial charge in [-0.25, -0.2) is 0 Å². The van der Waals surface area contributed by atoms with Crippen molar-refractivity contribution in [3.8, 4) is 11.3 Å². The Morgan fingerprint density at radius 3 is 2.58 bits per heavy atom. The highest BCUT2D eigenvalue weighted by molar-refractivity contribution is 6.35. The number of rotatable bonds is 4. The number of benzene rings is 3. The predicted molar refractivity (Wildman–Crippen MR) is 135 cm³/mol. The van der Waals surface area contributed by atoms with Crippen molar-refractivity contribution in [1.82, 2.24) is 4.98 Å². The van der Waals surface area contributed by atoms with E-state index >= 15 is 0 Å². The van der Waals surface area contributed by atoms with Crippen LogP contribution in [0.3, 0.4) is 0 Å². The van der Waals surface area contributed by atoms with E-state index in [2.05, 4.69) is 15.2 Å². The molecule has 0 saturated carbocycles. The van der Waals surface area contributed by atoms with Gasteiger partial charge in [0.15, 0.2) is 0 Å². The van der Waals surface area contributed by atoms with Crippen LogP contribution in [0, 0.1) is 0 Å². The number of amides is 1. The molecule has 5 nitrogen and oxygen atoms in total. The zero-order valence-corrected chi connectivity index (χ0v) is 19.2. The summed E-state index contributed by atoms with van der Waals surface area (Å²) in [7, 11) is 0. The van der Waals surface area contributed by atoms with Gasteiger partial charge in [0.1, 0.15) is 0 Å². The van der Waals surface area contributed by atoms with Gasteiger partial charge in [0.2, 0.25) is 0 Å². The van der Waals surface area contributed by atoms with Gasteiger partial charge in [0, 0.05) is 41.6 Å². The number of ether oxygens (including phenoxy) is 1. The van der Waals surface area contributed by atoms with E-state index in [-0.39, 0.29) is 5.91 Å². The average molecular weight is 478 g/mol. The van der Waals surface area contributed by atoms with Crippen molar-refractivity contribution in [2.75, 3.05) is 36.5 Å². The van der Waals surface area contributed by atoms with E-state index in [9.17, 15) is 4.79 Å². The lowest BCUT2D eigenvalue weighted by Gasteiger charge is -2.29. The minimum Gasteiger partial charge on any atom is -0.378 e. The molecule has 3 aromatic carbocycles. The number of morpholine rings is 1. The Bertz CT molecular complexity index is 1330. The first-order chi connectivity index (χ1) is 16.1. The van der Waals surface area contributed by atoms with Crippen molar-refractivity contribution in [2.24, 2.45) is 0 Å². The number of fused-ring (bicyclic) bond motifs is 1. The van der Waals surface area contributed by atoms with Crippen LogP contribution in [0.1, 0.15) is 10.4 Å². The molecule has 1 aromatic heterocycles. The second kappa shape index (κ2) is 9.40. The minimum absolute atomic E-state index is 0.285. The molecule has 4 aromatic rings. The second-order valence-corrected chi connectivity index (χ2v) is 8.61. The van der Waals surface area contributed by atoms with Crippen molar-refractivity contribution in [3.63, 3.8) is 0 Å². The summed E-state index contributed by atoms with van der Waals surface area (Å²) in [5.41, 5.74) is 3.52. The summed E-state index contributed by atoms with van der Waals surface area (Å²) >= 11 is 13.0. The number of nitrogens with one attached hydrogen (secondary N) is 1. The minimum atomic E-state index is -0.285. The normalized spacial score (nSPS) is 13.8. The van der Waals surface area contributed by atoms with E-state index < -0.39 is 0 Å². The third-order valence-electron chi connectivity index (χ3n) is 5.73. The zero-order chi connectivity index (χ0) is 22.8. The van der Waals surface area contributed by atoms with Crippen LogP contribution < -0.4 is 10.2 Å². The van der Waals surface area contributed by atoms with Crippen LogP contribution in [0.4, 0.5) is 11.4 Å². The molecule has 1 aliphatic rings. The fourth-order valence-corrected chi connectivity index (χ4v) is 4.49. The Morgan fingerprint density at radius 1 is 0.939 bits per heavy atom.